The molecule has 98 valence electrons. The third-order valence-corrected chi connectivity index (χ3v) is 2.89. The molecule has 3 nitrogen and oxygen atoms in total. The van der Waals surface area contributed by atoms with E-state index >= 15 is 0 Å². The zero-order valence-corrected chi connectivity index (χ0v) is 10.9. The van der Waals surface area contributed by atoms with E-state index in [1.807, 2.05) is 0 Å². The molecule has 3 heteroatoms. The molecule has 0 amide bonds. The highest BCUT2D eigenvalue weighted by Crippen LogP contribution is 2.25. The molecular formula is C14H24O3. The van der Waals surface area contributed by atoms with Crippen LogP contribution in [0.5, 0.6) is 0 Å². The predicted molar refractivity (Wildman–Crippen MR) is 69.9 cm³/mol. The molecule has 1 rings (SSSR count). The average Bonchev–Trinajstić information content (AvgIpc) is 2.30. The fourth-order valence-corrected chi connectivity index (χ4v) is 1.88. The molecule has 0 bridgehead atoms. The lowest BCUT2D eigenvalue weighted by atomic mass is 9.88. The van der Waals surface area contributed by atoms with Crippen LogP contribution in [0, 0.1) is 5.92 Å². The molecule has 17 heavy (non-hydrogen) atoms. The van der Waals surface area contributed by atoms with Gasteiger partial charge >= 0.3 is 0 Å². The Kier molecular flexibility index (Phi) is 9.44. The summed E-state index contributed by atoms with van der Waals surface area (Å²) in [6.07, 6.45) is 10.5. The van der Waals surface area contributed by atoms with Crippen molar-refractivity contribution >= 4 is 6.47 Å². The van der Waals surface area contributed by atoms with Gasteiger partial charge in [-0.3, -0.25) is 4.79 Å². The molecule has 0 spiro atoms. The standard InChI is InChI=1S/C13H22O.CH2O2/c1-11(2)4-3-5-12-6-8-13(10-14)9-7-12;2-1-3/h4,6,13-14H,3,5,7-10H2,1-2H3;1H,(H,2,3). The number of aliphatic hydroxyl groups is 1. The number of rotatable bonds is 4. The maximum atomic E-state index is 8.99. The molecule has 1 unspecified atom stereocenters. The Labute approximate surface area is 104 Å². The van der Waals surface area contributed by atoms with Crippen LogP contribution in [0.15, 0.2) is 23.3 Å². The van der Waals surface area contributed by atoms with Gasteiger partial charge in [0.25, 0.3) is 6.47 Å². The van der Waals surface area contributed by atoms with Crippen molar-refractivity contribution in [1.29, 1.82) is 0 Å². The molecular weight excluding hydrogens is 216 g/mol. The normalized spacial score (nSPS) is 18.5. The van der Waals surface area contributed by atoms with E-state index in [2.05, 4.69) is 26.0 Å². The first-order valence-corrected chi connectivity index (χ1v) is 6.14. The summed E-state index contributed by atoms with van der Waals surface area (Å²) in [6.45, 7) is 4.41. The van der Waals surface area contributed by atoms with Crippen molar-refractivity contribution < 1.29 is 15.0 Å². The smallest absolute Gasteiger partial charge is 0.290 e. The number of hydrogen-bond donors (Lipinski definition) is 2. The van der Waals surface area contributed by atoms with Crippen LogP contribution in [-0.2, 0) is 4.79 Å². The van der Waals surface area contributed by atoms with Crippen molar-refractivity contribution in [3.8, 4) is 0 Å². The summed E-state index contributed by atoms with van der Waals surface area (Å²) in [7, 11) is 0. The van der Waals surface area contributed by atoms with Crippen LogP contribution >= 0.6 is 0 Å². The van der Waals surface area contributed by atoms with Crippen molar-refractivity contribution in [1.82, 2.24) is 0 Å². The van der Waals surface area contributed by atoms with Crippen molar-refractivity contribution in [2.45, 2.75) is 46.0 Å². The highest BCUT2D eigenvalue weighted by atomic mass is 16.3. The monoisotopic (exact) mass is 240 g/mol. The Morgan fingerprint density at radius 3 is 2.59 bits per heavy atom. The van der Waals surface area contributed by atoms with Crippen LogP contribution in [0.3, 0.4) is 0 Å². The van der Waals surface area contributed by atoms with Crippen LogP contribution in [0.4, 0.5) is 0 Å². The van der Waals surface area contributed by atoms with Crippen molar-refractivity contribution in [3.63, 3.8) is 0 Å². The number of carboxylic acid groups (broad SMARTS) is 1. The Morgan fingerprint density at radius 2 is 2.18 bits per heavy atom. The van der Waals surface area contributed by atoms with E-state index in [-0.39, 0.29) is 6.47 Å². The Hall–Kier alpha value is -1.09. The molecule has 1 aliphatic rings. The lowest BCUT2D eigenvalue weighted by Crippen LogP contribution is -2.09. The number of aliphatic hydroxyl groups excluding tert-OH is 1. The molecule has 0 radical (unpaired) electrons. The van der Waals surface area contributed by atoms with Gasteiger partial charge in [-0.2, -0.15) is 0 Å². The van der Waals surface area contributed by atoms with Crippen LogP contribution in [0.2, 0.25) is 0 Å². The van der Waals surface area contributed by atoms with Crippen LogP contribution < -0.4 is 0 Å². The first-order valence-electron chi connectivity index (χ1n) is 6.14. The van der Waals surface area contributed by atoms with Gasteiger partial charge in [-0.25, -0.2) is 0 Å². The number of hydrogen-bond acceptors (Lipinski definition) is 2. The Morgan fingerprint density at radius 1 is 1.53 bits per heavy atom. The van der Waals surface area contributed by atoms with Gasteiger partial charge in [0, 0.05) is 6.61 Å². The van der Waals surface area contributed by atoms with Crippen LogP contribution in [-0.4, -0.2) is 23.3 Å². The Balaban J connectivity index is 0.000000770. The summed E-state index contributed by atoms with van der Waals surface area (Å²) in [5.74, 6) is 0.530. The minimum atomic E-state index is -0.250. The second-order valence-electron chi connectivity index (χ2n) is 4.61. The fourth-order valence-electron chi connectivity index (χ4n) is 1.88. The summed E-state index contributed by atoms with van der Waals surface area (Å²) in [5, 5.41) is 15.9. The average molecular weight is 240 g/mol. The van der Waals surface area contributed by atoms with E-state index in [0.717, 1.165) is 6.42 Å². The molecule has 1 aliphatic carbocycles. The molecule has 0 fully saturated rings. The first kappa shape index (κ1) is 15.9. The van der Waals surface area contributed by atoms with Crippen molar-refractivity contribution in [2.24, 2.45) is 5.92 Å². The molecule has 0 aromatic carbocycles. The van der Waals surface area contributed by atoms with Gasteiger partial charge in [0.1, 0.15) is 0 Å². The molecule has 0 saturated heterocycles. The summed E-state index contributed by atoms with van der Waals surface area (Å²) >= 11 is 0. The molecule has 0 aromatic rings. The zero-order valence-electron chi connectivity index (χ0n) is 10.9. The molecule has 0 aliphatic heterocycles. The van der Waals surface area contributed by atoms with Gasteiger partial charge in [0.2, 0.25) is 0 Å². The Bertz CT molecular complexity index is 263. The van der Waals surface area contributed by atoms with Gasteiger partial charge in [-0.15, -0.1) is 0 Å². The molecule has 0 saturated carbocycles. The minimum Gasteiger partial charge on any atom is -0.483 e. The summed E-state index contributed by atoms with van der Waals surface area (Å²) < 4.78 is 0. The van der Waals surface area contributed by atoms with Crippen molar-refractivity contribution in [2.75, 3.05) is 6.61 Å². The van der Waals surface area contributed by atoms with Gasteiger partial charge in [-0.1, -0.05) is 23.3 Å². The minimum absolute atomic E-state index is 0.250. The van der Waals surface area contributed by atoms with Gasteiger partial charge < -0.3 is 10.2 Å². The summed E-state index contributed by atoms with van der Waals surface area (Å²) in [5.41, 5.74) is 3.00. The highest BCUT2D eigenvalue weighted by Gasteiger charge is 2.12. The second-order valence-corrected chi connectivity index (χ2v) is 4.61. The lowest BCUT2D eigenvalue weighted by molar-refractivity contribution is -0.122. The van der Waals surface area contributed by atoms with Gasteiger partial charge in [0.05, 0.1) is 0 Å². The zero-order chi connectivity index (χ0) is 13.1. The lowest BCUT2D eigenvalue weighted by Gasteiger charge is -2.19. The van der Waals surface area contributed by atoms with Gasteiger partial charge in [-0.05, 0) is 51.9 Å². The van der Waals surface area contributed by atoms with E-state index in [0.29, 0.717) is 12.5 Å². The van der Waals surface area contributed by atoms with Crippen LogP contribution in [0.25, 0.3) is 0 Å². The second kappa shape index (κ2) is 10.1. The van der Waals surface area contributed by atoms with E-state index in [1.54, 1.807) is 5.57 Å². The van der Waals surface area contributed by atoms with E-state index in [4.69, 9.17) is 15.0 Å². The van der Waals surface area contributed by atoms with Crippen LogP contribution in [0.1, 0.15) is 46.0 Å². The van der Waals surface area contributed by atoms with Crippen molar-refractivity contribution in [3.05, 3.63) is 23.3 Å². The first-order chi connectivity index (χ1) is 8.13. The largest absolute Gasteiger partial charge is 0.483 e. The quantitative estimate of drug-likeness (QED) is 0.586. The van der Waals surface area contributed by atoms with E-state index in [9.17, 15) is 0 Å². The highest BCUT2D eigenvalue weighted by molar-refractivity contribution is 5.32. The van der Waals surface area contributed by atoms with E-state index in [1.165, 1.54) is 31.3 Å². The maximum Gasteiger partial charge on any atom is 0.290 e. The topological polar surface area (TPSA) is 57.5 Å². The number of allylic oxidation sites excluding steroid dienone is 4. The third kappa shape index (κ3) is 8.69. The molecule has 2 N–H and O–H groups in total. The van der Waals surface area contributed by atoms with Gasteiger partial charge in [0.15, 0.2) is 0 Å². The molecule has 0 aromatic heterocycles. The summed E-state index contributed by atoms with van der Waals surface area (Å²) in [4.78, 5) is 8.36. The third-order valence-electron chi connectivity index (χ3n) is 2.89. The molecule has 1 atom stereocenters. The fraction of sp³-hybridized carbons (Fsp3) is 0.643. The summed E-state index contributed by atoms with van der Waals surface area (Å²) in [6, 6.07) is 0. The predicted octanol–water partition coefficient (Wildman–Crippen LogP) is 3.15. The number of carbonyl (C=O) groups is 1. The molecule has 0 heterocycles. The van der Waals surface area contributed by atoms with E-state index < -0.39 is 0 Å². The maximum absolute atomic E-state index is 8.99. The SMILES string of the molecule is CC(C)=CCCC1=CCC(CO)CC1.O=CO.